The van der Waals surface area contributed by atoms with E-state index in [2.05, 4.69) is 20.8 Å². The van der Waals surface area contributed by atoms with Crippen LogP contribution in [0.25, 0.3) is 0 Å². The van der Waals surface area contributed by atoms with Crippen LogP contribution in [-0.2, 0) is 0 Å². The molecule has 0 fully saturated rings. The number of hydrogen-bond donors (Lipinski definition) is 3. The van der Waals surface area contributed by atoms with Crippen molar-refractivity contribution in [3.8, 4) is 0 Å². The van der Waals surface area contributed by atoms with Crippen LogP contribution in [0.4, 0.5) is 0 Å². The Morgan fingerprint density at radius 2 is 1.00 bits per heavy atom. The topological polar surface area (TPSA) is 78.1 Å². The molecule has 7 heteroatoms. The Balaban J connectivity index is 4.34. The lowest BCUT2D eigenvalue weighted by atomic mass is 9.42. The van der Waals surface area contributed by atoms with E-state index < -0.39 is 0 Å². The second-order valence-electron chi connectivity index (χ2n) is 3.44. The molecule has 0 aliphatic heterocycles. The molecule has 3 atom stereocenters. The summed E-state index contributed by atoms with van der Waals surface area (Å²) in [6.45, 7) is 7.21. The molecule has 0 aliphatic rings. The lowest BCUT2D eigenvalue weighted by Crippen LogP contribution is -2.41. The van der Waals surface area contributed by atoms with E-state index >= 15 is 0 Å². The molecule has 0 aromatic rings. The maximum Gasteiger partial charge on any atom is 0.143 e. The fraction of sp³-hybridized carbons (Fsp3) is 1.00. The van der Waals surface area contributed by atoms with Crippen LogP contribution in [0.1, 0.15) is 20.8 Å². The highest BCUT2D eigenvalue weighted by atomic mass is 28.2. The third-order valence-electron chi connectivity index (χ3n) is 2.52. The lowest BCUT2D eigenvalue weighted by molar-refractivity contribution is 1.09. The van der Waals surface area contributed by atoms with Gasteiger partial charge in [-0.05, 0) is 0 Å². The van der Waals surface area contributed by atoms with Gasteiger partial charge in [0.25, 0.3) is 0 Å². The predicted molar refractivity (Wildman–Crippen MR) is 63.9 cm³/mol. The summed E-state index contributed by atoms with van der Waals surface area (Å²) < 4.78 is 0. The van der Waals surface area contributed by atoms with Gasteiger partial charge in [-0.15, -0.1) is 0 Å². The highest BCUT2D eigenvalue weighted by Gasteiger charge is 2.31. The molecule has 0 aromatic carbocycles. The van der Waals surface area contributed by atoms with Crippen molar-refractivity contribution in [3.63, 3.8) is 0 Å². The molecule has 3 nitrogen and oxygen atoms in total. The summed E-state index contributed by atoms with van der Waals surface area (Å²) in [5, 5.41) is 17.1. The SMILES string of the molecule is CC([Si]N)B(C(C)[Si]N)C(C)[Si]N. The molecular weight excluding hydrogens is 209 g/mol. The minimum absolute atomic E-state index is 0.501. The molecule has 0 saturated carbocycles. The van der Waals surface area contributed by atoms with Crippen LogP contribution in [0, 0.1) is 0 Å². The first-order valence-electron chi connectivity index (χ1n) is 4.46. The van der Waals surface area contributed by atoms with Gasteiger partial charge in [0.2, 0.25) is 0 Å². The van der Waals surface area contributed by atoms with E-state index in [1.54, 1.807) is 0 Å². The number of hydrogen-bond acceptors (Lipinski definition) is 3. The molecule has 0 aromatic heterocycles. The first kappa shape index (κ1) is 13.6. The van der Waals surface area contributed by atoms with Gasteiger partial charge in [0.05, 0.1) is 0 Å². The lowest BCUT2D eigenvalue weighted by Gasteiger charge is -2.28. The predicted octanol–water partition coefficient (Wildman–Crippen LogP) is -0.742. The average molecular weight is 227 g/mol. The van der Waals surface area contributed by atoms with Crippen molar-refractivity contribution >= 4 is 35.8 Å². The van der Waals surface area contributed by atoms with Gasteiger partial charge < -0.3 is 16.2 Å². The van der Waals surface area contributed by atoms with Crippen LogP contribution in [0.5, 0.6) is 0 Å². The van der Waals surface area contributed by atoms with Crippen LogP contribution in [0.15, 0.2) is 0 Å². The Labute approximate surface area is 89.4 Å². The van der Waals surface area contributed by atoms with E-state index in [9.17, 15) is 0 Å². The first-order valence-corrected chi connectivity index (χ1v) is 7.93. The Hall–Kier alpha value is 0.596. The quantitative estimate of drug-likeness (QED) is 0.523. The Morgan fingerprint density at radius 1 is 0.769 bits per heavy atom. The van der Waals surface area contributed by atoms with E-state index in [4.69, 9.17) is 16.2 Å². The van der Waals surface area contributed by atoms with Crippen molar-refractivity contribution in [3.05, 3.63) is 0 Å². The summed E-state index contributed by atoms with van der Waals surface area (Å²) in [4.78, 5) is 0. The van der Waals surface area contributed by atoms with Crippen molar-refractivity contribution in [1.29, 1.82) is 0 Å². The van der Waals surface area contributed by atoms with Crippen LogP contribution in [0.2, 0.25) is 16.3 Å². The van der Waals surface area contributed by atoms with Crippen LogP contribution in [-0.4, -0.2) is 35.8 Å². The van der Waals surface area contributed by atoms with Gasteiger partial charge in [0.15, 0.2) is 0 Å². The maximum atomic E-state index is 5.71. The van der Waals surface area contributed by atoms with Gasteiger partial charge in [0.1, 0.15) is 35.8 Å². The largest absolute Gasteiger partial charge is 0.353 e. The van der Waals surface area contributed by atoms with E-state index in [1.807, 2.05) is 0 Å². The van der Waals surface area contributed by atoms with Gasteiger partial charge in [-0.1, -0.05) is 37.1 Å². The van der Waals surface area contributed by atoms with Crippen LogP contribution < -0.4 is 16.2 Å². The molecule has 0 aliphatic carbocycles. The van der Waals surface area contributed by atoms with E-state index in [0.717, 1.165) is 0 Å². The second kappa shape index (κ2) is 6.96. The van der Waals surface area contributed by atoms with Gasteiger partial charge in [0, 0.05) is 0 Å². The minimum atomic E-state index is 0.501. The number of rotatable bonds is 6. The fourth-order valence-electron chi connectivity index (χ4n) is 1.63. The summed E-state index contributed by atoms with van der Waals surface area (Å²) in [5.41, 5.74) is 1.66. The second-order valence-corrected chi connectivity index (χ2v) is 7.18. The Kier molecular flexibility index (Phi) is 7.28. The smallest absolute Gasteiger partial charge is 0.143 e. The van der Waals surface area contributed by atoms with Crippen LogP contribution in [0.3, 0.4) is 0 Å². The first-order chi connectivity index (χ1) is 6.08. The molecule has 72 valence electrons. The number of nitrogens with two attached hydrogens (primary N) is 3. The Morgan fingerprint density at radius 3 is 1.15 bits per heavy atom. The molecule has 0 amide bonds. The Bertz CT molecular complexity index is 117. The fourth-order valence-corrected chi connectivity index (χ4v) is 4.61. The molecule has 3 unspecified atom stereocenters. The van der Waals surface area contributed by atoms with Crippen molar-refractivity contribution in [2.75, 3.05) is 0 Å². The minimum Gasteiger partial charge on any atom is -0.353 e. The van der Waals surface area contributed by atoms with Crippen molar-refractivity contribution in [1.82, 2.24) is 0 Å². The van der Waals surface area contributed by atoms with Gasteiger partial charge in [-0.25, -0.2) is 0 Å². The molecular formula is C6H18BN3Si3. The van der Waals surface area contributed by atoms with Gasteiger partial charge in [-0.3, -0.25) is 0 Å². The van der Waals surface area contributed by atoms with Gasteiger partial charge >= 0.3 is 0 Å². The van der Waals surface area contributed by atoms with E-state index in [0.29, 0.717) is 52.1 Å². The highest BCUT2D eigenvalue weighted by molar-refractivity contribution is 6.84. The van der Waals surface area contributed by atoms with Crippen molar-refractivity contribution in [2.45, 2.75) is 37.1 Å². The summed E-state index contributed by atoms with van der Waals surface area (Å²) >= 11 is 0. The molecule has 6 radical (unpaired) electrons. The monoisotopic (exact) mass is 227 g/mol. The van der Waals surface area contributed by atoms with Crippen LogP contribution >= 0.6 is 0 Å². The van der Waals surface area contributed by atoms with E-state index in [-0.39, 0.29) is 0 Å². The zero-order chi connectivity index (χ0) is 10.4. The highest BCUT2D eigenvalue weighted by Crippen LogP contribution is 2.26. The third-order valence-corrected chi connectivity index (χ3v) is 5.25. The van der Waals surface area contributed by atoms with Crippen molar-refractivity contribution in [2.24, 2.45) is 16.2 Å². The molecule has 0 rings (SSSR count). The molecule has 0 bridgehead atoms. The maximum absolute atomic E-state index is 5.71. The summed E-state index contributed by atoms with van der Waals surface area (Å²) in [7, 11) is 1.50. The summed E-state index contributed by atoms with van der Waals surface area (Å²) in [6.07, 6.45) is 0. The molecule has 0 saturated heterocycles. The van der Waals surface area contributed by atoms with Gasteiger partial charge in [-0.2, -0.15) is 0 Å². The van der Waals surface area contributed by atoms with Crippen molar-refractivity contribution < 1.29 is 0 Å². The van der Waals surface area contributed by atoms with E-state index in [1.165, 1.54) is 0 Å². The molecule has 6 N–H and O–H groups in total. The average Bonchev–Trinajstić information content (AvgIpc) is 2.16. The molecule has 0 heterocycles. The third kappa shape index (κ3) is 4.09. The summed E-state index contributed by atoms with van der Waals surface area (Å²) in [6, 6.07) is 0. The summed E-state index contributed by atoms with van der Waals surface area (Å²) in [5.74, 6) is 0. The normalized spacial score (nSPS) is 18.0. The molecule has 13 heavy (non-hydrogen) atoms. The standard InChI is InChI=1S/C6H18BN3Si3/c1-4(11-8)7(5(2)12-9)6(3)13-10/h4-6H,8-10H2,1-3H3. The zero-order valence-electron chi connectivity index (χ0n) is 8.54. The molecule has 0 spiro atoms. The zero-order valence-corrected chi connectivity index (χ0v) is 11.5.